The van der Waals surface area contributed by atoms with Gasteiger partial charge in [-0.3, -0.25) is 4.79 Å². The van der Waals surface area contributed by atoms with Crippen molar-refractivity contribution in [3.63, 3.8) is 0 Å². The smallest absolute Gasteiger partial charge is 0.338 e. The van der Waals surface area contributed by atoms with Gasteiger partial charge in [0.2, 0.25) is 5.91 Å². The Morgan fingerprint density at radius 1 is 1.24 bits per heavy atom. The number of hydrogen-bond donors (Lipinski definition) is 1. The summed E-state index contributed by atoms with van der Waals surface area (Å²) >= 11 is 7.38. The Hall–Kier alpha value is -2.44. The van der Waals surface area contributed by atoms with Crippen LogP contribution in [0.3, 0.4) is 0 Å². The molecule has 0 saturated carbocycles. The molecule has 25 heavy (non-hydrogen) atoms. The number of esters is 1. The second kappa shape index (κ2) is 7.63. The van der Waals surface area contributed by atoms with Crippen molar-refractivity contribution in [1.29, 1.82) is 0 Å². The molecule has 3 aromatic rings. The van der Waals surface area contributed by atoms with E-state index in [2.05, 4.69) is 10.3 Å². The highest BCUT2D eigenvalue weighted by molar-refractivity contribution is 7.22. The molecule has 1 heterocycles. The third-order valence-electron chi connectivity index (χ3n) is 3.45. The highest BCUT2D eigenvalue weighted by Crippen LogP contribution is 2.27. The first-order valence-corrected chi connectivity index (χ1v) is 8.87. The van der Waals surface area contributed by atoms with Gasteiger partial charge in [-0.1, -0.05) is 41.1 Å². The third-order valence-corrected chi connectivity index (χ3v) is 4.76. The molecule has 0 aliphatic heterocycles. The van der Waals surface area contributed by atoms with Crippen LogP contribution in [0.4, 0.5) is 5.13 Å². The van der Waals surface area contributed by atoms with E-state index in [-0.39, 0.29) is 18.3 Å². The van der Waals surface area contributed by atoms with Gasteiger partial charge in [0, 0.05) is 5.02 Å². The first-order valence-electron chi connectivity index (χ1n) is 7.68. The van der Waals surface area contributed by atoms with Crippen molar-refractivity contribution in [2.24, 2.45) is 0 Å². The second-order valence-electron chi connectivity index (χ2n) is 5.24. The lowest BCUT2D eigenvalue weighted by Crippen LogP contribution is -2.14. The van der Waals surface area contributed by atoms with Gasteiger partial charge >= 0.3 is 5.97 Å². The van der Waals surface area contributed by atoms with Crippen molar-refractivity contribution in [3.05, 3.63) is 58.6 Å². The molecule has 0 atom stereocenters. The average molecular weight is 375 g/mol. The van der Waals surface area contributed by atoms with Gasteiger partial charge < -0.3 is 10.1 Å². The van der Waals surface area contributed by atoms with Crippen molar-refractivity contribution in [2.75, 3.05) is 11.9 Å². The van der Waals surface area contributed by atoms with Gasteiger partial charge in [0.15, 0.2) is 5.13 Å². The Morgan fingerprint density at radius 2 is 2.04 bits per heavy atom. The Balaban J connectivity index is 1.74. The van der Waals surface area contributed by atoms with Crippen LogP contribution in [0, 0.1) is 0 Å². The summed E-state index contributed by atoms with van der Waals surface area (Å²) in [5.74, 6) is -0.570. The number of carbonyl (C=O) groups is 2. The summed E-state index contributed by atoms with van der Waals surface area (Å²) < 4.78 is 5.79. The molecule has 3 rings (SSSR count). The van der Waals surface area contributed by atoms with Crippen LogP contribution in [0.25, 0.3) is 10.2 Å². The minimum Gasteiger partial charge on any atom is -0.462 e. The van der Waals surface area contributed by atoms with Gasteiger partial charge in [-0.15, -0.1) is 0 Å². The van der Waals surface area contributed by atoms with Crippen LogP contribution < -0.4 is 5.32 Å². The molecule has 5 nitrogen and oxygen atoms in total. The molecule has 128 valence electrons. The quantitative estimate of drug-likeness (QED) is 0.676. The van der Waals surface area contributed by atoms with E-state index in [4.69, 9.17) is 16.3 Å². The number of amides is 1. The first kappa shape index (κ1) is 17.4. The minimum absolute atomic E-state index is 0.170. The predicted octanol–water partition coefficient (Wildman–Crippen LogP) is 4.31. The van der Waals surface area contributed by atoms with Crippen molar-refractivity contribution in [2.45, 2.75) is 13.3 Å². The molecule has 0 radical (unpaired) electrons. The predicted molar refractivity (Wildman–Crippen MR) is 99.4 cm³/mol. The van der Waals surface area contributed by atoms with Crippen LogP contribution in [0.15, 0.2) is 42.5 Å². The summed E-state index contributed by atoms with van der Waals surface area (Å²) in [7, 11) is 0. The summed E-state index contributed by atoms with van der Waals surface area (Å²) in [6.45, 7) is 2.08. The van der Waals surface area contributed by atoms with Gasteiger partial charge in [0.25, 0.3) is 0 Å². The molecule has 1 N–H and O–H groups in total. The fourth-order valence-corrected chi connectivity index (χ4v) is 3.42. The number of hydrogen-bond acceptors (Lipinski definition) is 5. The van der Waals surface area contributed by atoms with E-state index in [0.717, 1.165) is 10.3 Å². The van der Waals surface area contributed by atoms with E-state index in [9.17, 15) is 9.59 Å². The maximum absolute atomic E-state index is 12.2. The number of nitrogens with one attached hydrogen (secondary N) is 1. The van der Waals surface area contributed by atoms with Crippen LogP contribution in [0.5, 0.6) is 0 Å². The normalized spacial score (nSPS) is 10.6. The van der Waals surface area contributed by atoms with Gasteiger partial charge in [-0.05, 0) is 36.8 Å². The number of halogens is 1. The molecule has 7 heteroatoms. The summed E-state index contributed by atoms with van der Waals surface area (Å²) in [4.78, 5) is 28.3. The summed E-state index contributed by atoms with van der Waals surface area (Å²) in [6, 6.07) is 12.3. The molecule has 1 aromatic heterocycles. The topological polar surface area (TPSA) is 68.3 Å². The Labute approximate surface area is 153 Å². The fraction of sp³-hybridized carbons (Fsp3) is 0.167. The van der Waals surface area contributed by atoms with Crippen LogP contribution in [-0.2, 0) is 16.0 Å². The number of rotatable bonds is 5. The number of benzene rings is 2. The summed E-state index contributed by atoms with van der Waals surface area (Å²) in [6.07, 6.45) is 0.170. The average Bonchev–Trinajstić information content (AvgIpc) is 2.98. The van der Waals surface area contributed by atoms with Crippen LogP contribution in [0.2, 0.25) is 5.02 Å². The van der Waals surface area contributed by atoms with Gasteiger partial charge in [-0.25, -0.2) is 9.78 Å². The lowest BCUT2D eigenvalue weighted by atomic mass is 10.1. The molecule has 0 unspecified atom stereocenters. The molecule has 1 amide bonds. The molecule has 0 aliphatic rings. The highest BCUT2D eigenvalue weighted by atomic mass is 35.5. The largest absolute Gasteiger partial charge is 0.462 e. The van der Waals surface area contributed by atoms with Crippen molar-refractivity contribution in [3.8, 4) is 0 Å². The van der Waals surface area contributed by atoms with Crippen molar-refractivity contribution >= 4 is 50.2 Å². The lowest BCUT2D eigenvalue weighted by Gasteiger charge is -2.03. The summed E-state index contributed by atoms with van der Waals surface area (Å²) in [5, 5.41) is 3.81. The first-order chi connectivity index (χ1) is 12.1. The maximum atomic E-state index is 12.2. The second-order valence-corrected chi connectivity index (χ2v) is 6.68. The van der Waals surface area contributed by atoms with E-state index in [0.29, 0.717) is 27.8 Å². The fourth-order valence-electron chi connectivity index (χ4n) is 2.30. The molecule has 0 bridgehead atoms. The number of thiazole rings is 1. The molecule has 0 spiro atoms. The number of carbonyl (C=O) groups excluding carboxylic acids is 2. The van der Waals surface area contributed by atoms with Crippen molar-refractivity contribution < 1.29 is 14.3 Å². The number of nitrogens with zero attached hydrogens (tertiary/aromatic N) is 1. The Kier molecular flexibility index (Phi) is 5.31. The number of fused-ring (bicyclic) bond motifs is 1. The molecule has 0 aliphatic carbocycles. The molecule has 0 fully saturated rings. The number of aromatic nitrogens is 1. The van der Waals surface area contributed by atoms with E-state index in [1.165, 1.54) is 11.3 Å². The molecular weight excluding hydrogens is 360 g/mol. The standard InChI is InChI=1S/C18H15ClN2O3S/c1-2-24-17(23)12-7-8-14-15(9-12)25-18(20-14)21-16(22)10-11-5-3-4-6-13(11)19/h3-9H,2,10H2,1H3,(H,20,21,22). The number of ether oxygens (including phenoxy) is 1. The lowest BCUT2D eigenvalue weighted by molar-refractivity contribution is -0.115. The van der Waals surface area contributed by atoms with E-state index >= 15 is 0 Å². The zero-order valence-electron chi connectivity index (χ0n) is 13.4. The molecule has 2 aromatic carbocycles. The Bertz CT molecular complexity index is 939. The molecular formula is C18H15ClN2O3S. The molecule has 0 saturated heterocycles. The highest BCUT2D eigenvalue weighted by Gasteiger charge is 2.13. The SMILES string of the molecule is CCOC(=O)c1ccc2nc(NC(=O)Cc3ccccc3Cl)sc2c1. The van der Waals surface area contributed by atoms with Crippen LogP contribution >= 0.6 is 22.9 Å². The maximum Gasteiger partial charge on any atom is 0.338 e. The minimum atomic E-state index is -0.373. The summed E-state index contributed by atoms with van der Waals surface area (Å²) in [5.41, 5.74) is 1.94. The van der Waals surface area contributed by atoms with Gasteiger partial charge in [0.1, 0.15) is 0 Å². The monoisotopic (exact) mass is 374 g/mol. The third kappa shape index (κ3) is 4.15. The van der Waals surface area contributed by atoms with E-state index < -0.39 is 0 Å². The van der Waals surface area contributed by atoms with Gasteiger partial charge in [-0.2, -0.15) is 0 Å². The zero-order chi connectivity index (χ0) is 17.8. The van der Waals surface area contributed by atoms with E-state index in [1.807, 2.05) is 18.2 Å². The zero-order valence-corrected chi connectivity index (χ0v) is 15.0. The van der Waals surface area contributed by atoms with Gasteiger partial charge in [0.05, 0.1) is 28.8 Å². The van der Waals surface area contributed by atoms with E-state index in [1.54, 1.807) is 31.2 Å². The Morgan fingerprint density at radius 3 is 2.80 bits per heavy atom. The van der Waals surface area contributed by atoms with Crippen LogP contribution in [-0.4, -0.2) is 23.5 Å². The number of anilines is 1. The van der Waals surface area contributed by atoms with Crippen LogP contribution in [0.1, 0.15) is 22.8 Å². The van der Waals surface area contributed by atoms with Crippen molar-refractivity contribution in [1.82, 2.24) is 4.98 Å².